The van der Waals surface area contributed by atoms with Gasteiger partial charge in [0.1, 0.15) is 5.82 Å². The fraction of sp³-hybridized carbons (Fsp3) is 0.154. The number of carbonyl (C=O) groups excluding carboxylic acids is 3. The highest BCUT2D eigenvalue weighted by Crippen LogP contribution is 2.22. The van der Waals surface area contributed by atoms with Gasteiger partial charge in [-0.25, -0.2) is 9.78 Å². The van der Waals surface area contributed by atoms with Crippen LogP contribution in [0.5, 0.6) is 0 Å². The van der Waals surface area contributed by atoms with Crippen LogP contribution in [-0.2, 0) is 9.53 Å². The van der Waals surface area contributed by atoms with Crippen molar-refractivity contribution in [3.63, 3.8) is 0 Å². The van der Waals surface area contributed by atoms with E-state index in [4.69, 9.17) is 4.74 Å². The average molecular weight is 457 g/mol. The van der Waals surface area contributed by atoms with Gasteiger partial charge in [0.15, 0.2) is 6.61 Å². The number of esters is 1. The molecule has 4 aromatic rings. The smallest absolute Gasteiger partial charge is 0.338 e. The Labute approximate surface area is 196 Å². The Morgan fingerprint density at radius 3 is 2.29 bits per heavy atom. The van der Waals surface area contributed by atoms with Crippen LogP contribution in [0.2, 0.25) is 0 Å². The van der Waals surface area contributed by atoms with Gasteiger partial charge in [0.05, 0.1) is 16.6 Å². The summed E-state index contributed by atoms with van der Waals surface area (Å²) < 4.78 is 7.19. The molecular formula is C26H24N4O4. The molecule has 0 radical (unpaired) electrons. The van der Waals surface area contributed by atoms with Crippen LogP contribution in [0, 0.1) is 6.92 Å². The highest BCUT2D eigenvalue weighted by molar-refractivity contribution is 5.98. The van der Waals surface area contributed by atoms with Crippen molar-refractivity contribution in [1.82, 2.24) is 14.5 Å². The molecule has 0 saturated carbocycles. The third-order valence-electron chi connectivity index (χ3n) is 5.23. The van der Waals surface area contributed by atoms with Crippen molar-refractivity contribution in [3.05, 3.63) is 89.7 Å². The lowest BCUT2D eigenvalue weighted by atomic mass is 10.2. The number of imidazole rings is 1. The largest absolute Gasteiger partial charge is 0.452 e. The number of rotatable bonds is 6. The molecule has 2 amide bonds. The van der Waals surface area contributed by atoms with E-state index in [1.807, 2.05) is 47.9 Å². The second kappa shape index (κ2) is 9.58. The third-order valence-corrected chi connectivity index (χ3v) is 5.23. The van der Waals surface area contributed by atoms with Gasteiger partial charge in [-0.3, -0.25) is 14.2 Å². The van der Waals surface area contributed by atoms with E-state index < -0.39 is 18.5 Å². The summed E-state index contributed by atoms with van der Waals surface area (Å²) in [6.07, 6.45) is 0. The molecule has 0 atom stereocenters. The zero-order valence-electron chi connectivity index (χ0n) is 19.1. The van der Waals surface area contributed by atoms with Crippen LogP contribution in [-0.4, -0.2) is 52.9 Å². The molecule has 0 spiro atoms. The van der Waals surface area contributed by atoms with Gasteiger partial charge in [-0.2, -0.15) is 0 Å². The summed E-state index contributed by atoms with van der Waals surface area (Å²) in [5.41, 5.74) is 3.83. The molecular weight excluding hydrogens is 432 g/mol. The Hall–Kier alpha value is -4.46. The van der Waals surface area contributed by atoms with E-state index in [-0.39, 0.29) is 5.91 Å². The SMILES string of the molecule is Cc1nc2cc(C(=O)OCC(=O)Nc3ccc(C(=O)N(C)C)cc3)ccc2n1-c1ccccc1. The van der Waals surface area contributed by atoms with E-state index >= 15 is 0 Å². The van der Waals surface area contributed by atoms with Crippen molar-refractivity contribution in [3.8, 4) is 5.69 Å². The second-order valence-corrected chi connectivity index (χ2v) is 7.93. The zero-order valence-corrected chi connectivity index (χ0v) is 19.1. The summed E-state index contributed by atoms with van der Waals surface area (Å²) in [7, 11) is 3.33. The monoisotopic (exact) mass is 456 g/mol. The minimum Gasteiger partial charge on any atom is -0.452 e. The summed E-state index contributed by atoms with van der Waals surface area (Å²) >= 11 is 0. The van der Waals surface area contributed by atoms with Crippen molar-refractivity contribution < 1.29 is 19.1 Å². The first kappa shape index (κ1) is 22.7. The number of ether oxygens (including phenoxy) is 1. The fourth-order valence-corrected chi connectivity index (χ4v) is 3.60. The molecule has 8 heteroatoms. The van der Waals surface area contributed by atoms with Crippen molar-refractivity contribution in [2.75, 3.05) is 26.0 Å². The van der Waals surface area contributed by atoms with Crippen molar-refractivity contribution in [2.45, 2.75) is 6.92 Å². The maximum absolute atomic E-state index is 12.5. The number of nitrogens with one attached hydrogen (secondary N) is 1. The van der Waals surface area contributed by atoms with Crippen LogP contribution in [0.4, 0.5) is 5.69 Å². The van der Waals surface area contributed by atoms with Crippen LogP contribution in [0.25, 0.3) is 16.7 Å². The van der Waals surface area contributed by atoms with E-state index in [0.29, 0.717) is 22.3 Å². The summed E-state index contributed by atoms with van der Waals surface area (Å²) in [6, 6.07) is 21.4. The number of hydrogen-bond donors (Lipinski definition) is 1. The van der Waals surface area contributed by atoms with E-state index in [2.05, 4.69) is 10.3 Å². The van der Waals surface area contributed by atoms with Gasteiger partial charge in [0, 0.05) is 31.0 Å². The van der Waals surface area contributed by atoms with Gasteiger partial charge in [-0.1, -0.05) is 18.2 Å². The topological polar surface area (TPSA) is 93.5 Å². The standard InChI is InChI=1S/C26H24N4O4/c1-17-27-22-15-19(11-14-23(22)30(17)21-7-5-4-6-8-21)26(33)34-16-24(31)28-20-12-9-18(10-13-20)25(32)29(2)3/h4-15H,16H2,1-3H3,(H,28,31). The van der Waals surface area contributed by atoms with Gasteiger partial charge in [0.2, 0.25) is 0 Å². The first-order valence-electron chi connectivity index (χ1n) is 10.7. The van der Waals surface area contributed by atoms with E-state index in [1.54, 1.807) is 50.5 Å². The highest BCUT2D eigenvalue weighted by atomic mass is 16.5. The number of carbonyl (C=O) groups is 3. The van der Waals surface area contributed by atoms with Crippen molar-refractivity contribution in [1.29, 1.82) is 0 Å². The van der Waals surface area contributed by atoms with Crippen molar-refractivity contribution in [2.24, 2.45) is 0 Å². The summed E-state index contributed by atoms with van der Waals surface area (Å²) in [5.74, 6) is -0.432. The molecule has 0 unspecified atom stereocenters. The lowest BCUT2D eigenvalue weighted by Crippen LogP contribution is -2.22. The van der Waals surface area contributed by atoms with Gasteiger partial charge < -0.3 is 15.0 Å². The maximum Gasteiger partial charge on any atom is 0.338 e. The Balaban J connectivity index is 1.39. The van der Waals surface area contributed by atoms with Crippen LogP contribution < -0.4 is 5.32 Å². The number of nitrogens with zero attached hydrogens (tertiary/aromatic N) is 3. The number of para-hydroxylation sites is 1. The van der Waals surface area contributed by atoms with Gasteiger partial charge >= 0.3 is 5.97 Å². The van der Waals surface area contributed by atoms with E-state index in [1.165, 1.54) is 4.90 Å². The molecule has 1 N–H and O–H groups in total. The molecule has 172 valence electrons. The second-order valence-electron chi connectivity index (χ2n) is 7.93. The molecule has 34 heavy (non-hydrogen) atoms. The molecule has 0 aliphatic rings. The average Bonchev–Trinajstić information content (AvgIpc) is 3.17. The Morgan fingerprint density at radius 1 is 0.941 bits per heavy atom. The normalized spacial score (nSPS) is 10.7. The number of aryl methyl sites for hydroxylation is 1. The minimum atomic E-state index is -0.615. The Bertz CT molecular complexity index is 1360. The molecule has 0 aliphatic heterocycles. The zero-order chi connectivity index (χ0) is 24.2. The number of anilines is 1. The van der Waals surface area contributed by atoms with Gasteiger partial charge in [-0.15, -0.1) is 0 Å². The highest BCUT2D eigenvalue weighted by Gasteiger charge is 2.15. The Morgan fingerprint density at radius 2 is 1.62 bits per heavy atom. The van der Waals surface area contributed by atoms with Crippen molar-refractivity contribution >= 4 is 34.5 Å². The van der Waals surface area contributed by atoms with Gasteiger partial charge in [0.25, 0.3) is 11.8 Å². The third kappa shape index (κ3) is 4.80. The fourth-order valence-electron chi connectivity index (χ4n) is 3.60. The first-order valence-corrected chi connectivity index (χ1v) is 10.7. The quantitative estimate of drug-likeness (QED) is 0.445. The molecule has 3 aromatic carbocycles. The number of fused-ring (bicyclic) bond motifs is 1. The molecule has 8 nitrogen and oxygen atoms in total. The summed E-state index contributed by atoms with van der Waals surface area (Å²) in [6.45, 7) is 1.46. The van der Waals surface area contributed by atoms with Crippen LogP contribution in [0.1, 0.15) is 26.5 Å². The van der Waals surface area contributed by atoms with Crippen LogP contribution in [0.15, 0.2) is 72.8 Å². The van der Waals surface area contributed by atoms with Gasteiger partial charge in [-0.05, 0) is 61.5 Å². The minimum absolute atomic E-state index is 0.132. The molecule has 1 aromatic heterocycles. The molecule has 0 fully saturated rings. The van der Waals surface area contributed by atoms with Crippen LogP contribution in [0.3, 0.4) is 0 Å². The molecule has 0 aliphatic carbocycles. The summed E-state index contributed by atoms with van der Waals surface area (Å²) in [5, 5.41) is 2.65. The number of benzene rings is 3. The molecule has 0 saturated heterocycles. The predicted octanol–water partition coefficient (Wildman–Crippen LogP) is 3.83. The number of amides is 2. The molecule has 0 bridgehead atoms. The molecule has 1 heterocycles. The Kier molecular flexibility index (Phi) is 6.40. The van der Waals surface area contributed by atoms with E-state index in [0.717, 1.165) is 17.0 Å². The number of aromatic nitrogens is 2. The maximum atomic E-state index is 12.5. The summed E-state index contributed by atoms with van der Waals surface area (Å²) in [4.78, 5) is 42.7. The number of hydrogen-bond acceptors (Lipinski definition) is 5. The lowest BCUT2D eigenvalue weighted by molar-refractivity contribution is -0.119. The molecule has 4 rings (SSSR count). The van der Waals surface area contributed by atoms with E-state index in [9.17, 15) is 14.4 Å². The predicted molar refractivity (Wildman–Crippen MR) is 129 cm³/mol. The van der Waals surface area contributed by atoms with Crippen LogP contribution >= 0.6 is 0 Å². The lowest BCUT2D eigenvalue weighted by Gasteiger charge is -2.11. The first-order chi connectivity index (χ1) is 16.3.